The lowest BCUT2D eigenvalue weighted by molar-refractivity contribution is -0.115. The van der Waals surface area contributed by atoms with Gasteiger partial charge in [-0.3, -0.25) is 4.79 Å². The van der Waals surface area contributed by atoms with E-state index >= 15 is 0 Å². The minimum absolute atomic E-state index is 0.0362. The number of carbonyl (C=O) groups excluding carboxylic acids is 1. The number of rotatable bonds is 5. The standard InChI is InChI=1S/C20H26N2O2/c1-14(7-6-8-15(2)11-12-23)9-10-17-16(3)19(24)18(22-21)13-20(17,4)5/h6-11,23H,12-13H2,1-5H3/b8-6-,10-9+,14-7+,15-11+. The first kappa shape index (κ1) is 19.8. The molecule has 128 valence electrons. The zero-order valence-electron chi connectivity index (χ0n) is 15.1. The Bertz CT molecular complexity index is 710. The van der Waals surface area contributed by atoms with E-state index in [0.29, 0.717) is 12.0 Å². The van der Waals surface area contributed by atoms with Crippen LogP contribution in [0.15, 0.2) is 58.7 Å². The summed E-state index contributed by atoms with van der Waals surface area (Å²) in [5, 5.41) is 8.81. The maximum Gasteiger partial charge on any atom is 0.339 e. The van der Waals surface area contributed by atoms with Gasteiger partial charge >= 0.3 is 5.71 Å². The van der Waals surface area contributed by atoms with Gasteiger partial charge in [0.25, 0.3) is 5.78 Å². The average Bonchev–Trinajstić information content (AvgIpc) is 2.50. The van der Waals surface area contributed by atoms with Gasteiger partial charge < -0.3 is 10.6 Å². The fourth-order valence-corrected chi connectivity index (χ4v) is 2.71. The quantitative estimate of drug-likeness (QED) is 0.471. The minimum atomic E-state index is -0.257. The lowest BCUT2D eigenvalue weighted by atomic mass is 9.71. The molecule has 0 saturated heterocycles. The highest BCUT2D eigenvalue weighted by molar-refractivity contribution is 6.44. The Hall–Kier alpha value is -2.29. The van der Waals surface area contributed by atoms with Crippen LogP contribution in [-0.2, 0) is 4.79 Å². The van der Waals surface area contributed by atoms with E-state index in [1.807, 2.05) is 58.1 Å². The molecule has 0 aromatic carbocycles. The van der Waals surface area contributed by atoms with Crippen LogP contribution in [0.25, 0.3) is 5.53 Å². The van der Waals surface area contributed by atoms with Gasteiger partial charge in [-0.15, -0.1) is 0 Å². The van der Waals surface area contributed by atoms with Crippen LogP contribution in [0.5, 0.6) is 0 Å². The molecule has 0 atom stereocenters. The monoisotopic (exact) mass is 326 g/mol. The molecule has 0 aromatic heterocycles. The maximum atomic E-state index is 12.2. The van der Waals surface area contributed by atoms with Crippen molar-refractivity contribution in [3.63, 3.8) is 0 Å². The third-order valence-corrected chi connectivity index (χ3v) is 4.11. The molecule has 0 aromatic rings. The van der Waals surface area contributed by atoms with Crippen LogP contribution in [-0.4, -0.2) is 28.0 Å². The van der Waals surface area contributed by atoms with E-state index in [4.69, 9.17) is 10.6 Å². The fourth-order valence-electron chi connectivity index (χ4n) is 2.71. The first-order valence-corrected chi connectivity index (χ1v) is 8.00. The third kappa shape index (κ3) is 5.12. The van der Waals surface area contributed by atoms with Crippen molar-refractivity contribution in [2.45, 2.75) is 41.0 Å². The molecule has 4 nitrogen and oxygen atoms in total. The molecular weight excluding hydrogens is 300 g/mol. The lowest BCUT2D eigenvalue weighted by Gasteiger charge is -2.29. The first-order valence-electron chi connectivity index (χ1n) is 8.00. The molecule has 0 fully saturated rings. The number of allylic oxidation sites excluding steroid dienone is 9. The van der Waals surface area contributed by atoms with Crippen molar-refractivity contribution in [3.8, 4) is 0 Å². The molecule has 0 heterocycles. The summed E-state index contributed by atoms with van der Waals surface area (Å²) in [5.74, 6) is -0.192. The van der Waals surface area contributed by atoms with Crippen LogP contribution < -0.4 is 0 Å². The van der Waals surface area contributed by atoms with Crippen LogP contribution in [0.1, 0.15) is 41.0 Å². The third-order valence-electron chi connectivity index (χ3n) is 4.11. The molecular formula is C20H26N2O2. The highest BCUT2D eigenvalue weighted by Gasteiger charge is 2.39. The summed E-state index contributed by atoms with van der Waals surface area (Å²) in [6, 6.07) is 0. The molecule has 1 aliphatic carbocycles. The molecule has 0 unspecified atom stereocenters. The van der Waals surface area contributed by atoms with Crippen molar-refractivity contribution >= 4 is 11.5 Å². The molecule has 1 N–H and O–H groups in total. The zero-order chi connectivity index (χ0) is 18.3. The lowest BCUT2D eigenvalue weighted by Crippen LogP contribution is -2.33. The van der Waals surface area contributed by atoms with Crippen LogP contribution in [0.2, 0.25) is 0 Å². The van der Waals surface area contributed by atoms with Crippen molar-refractivity contribution in [1.82, 2.24) is 0 Å². The summed E-state index contributed by atoms with van der Waals surface area (Å²) in [6.07, 6.45) is 11.9. The molecule has 24 heavy (non-hydrogen) atoms. The summed E-state index contributed by atoms with van der Waals surface area (Å²) in [4.78, 5) is 15.3. The van der Waals surface area contributed by atoms with Crippen molar-refractivity contribution in [1.29, 1.82) is 0 Å². The van der Waals surface area contributed by atoms with E-state index < -0.39 is 0 Å². The number of hydrogen-bond donors (Lipinski definition) is 1. The van der Waals surface area contributed by atoms with Gasteiger partial charge in [-0.05, 0) is 26.3 Å². The van der Waals surface area contributed by atoms with Gasteiger partial charge in [0, 0.05) is 11.0 Å². The predicted octanol–water partition coefficient (Wildman–Crippen LogP) is 3.97. The molecule has 0 radical (unpaired) electrons. The summed E-state index contributed by atoms with van der Waals surface area (Å²) in [6.45, 7) is 9.80. The molecule has 0 saturated carbocycles. The smallest absolute Gasteiger partial charge is 0.339 e. The van der Waals surface area contributed by atoms with E-state index in [1.165, 1.54) is 0 Å². The second kappa shape index (κ2) is 8.53. The normalized spacial score (nSPS) is 19.6. The first-order chi connectivity index (χ1) is 11.2. The minimum Gasteiger partial charge on any atom is -0.392 e. The van der Waals surface area contributed by atoms with Crippen molar-refractivity contribution in [2.75, 3.05) is 6.61 Å². The number of ketones is 1. The molecule has 1 aliphatic rings. The second-order valence-corrected chi connectivity index (χ2v) is 6.71. The highest BCUT2D eigenvalue weighted by atomic mass is 16.2. The van der Waals surface area contributed by atoms with Crippen LogP contribution in [0.4, 0.5) is 0 Å². The van der Waals surface area contributed by atoms with Crippen LogP contribution >= 0.6 is 0 Å². The highest BCUT2D eigenvalue weighted by Crippen LogP contribution is 2.38. The second-order valence-electron chi connectivity index (χ2n) is 6.71. The molecule has 0 aliphatic heterocycles. The SMILES string of the molecule is CC1=C(/C=C/C(C)=C/C=C\C(C)=C\CO)C(C)(C)CC(=[N+]=[N-])C1=O. The van der Waals surface area contributed by atoms with Crippen molar-refractivity contribution in [3.05, 3.63) is 64.3 Å². The summed E-state index contributed by atoms with van der Waals surface area (Å²) in [5.41, 5.74) is 12.6. The van der Waals surface area contributed by atoms with Gasteiger partial charge in [0.2, 0.25) is 0 Å². The zero-order valence-corrected chi connectivity index (χ0v) is 15.1. The van der Waals surface area contributed by atoms with Gasteiger partial charge in [-0.25, -0.2) is 0 Å². The molecule has 0 amide bonds. The van der Waals surface area contributed by atoms with Crippen LogP contribution in [0, 0.1) is 5.41 Å². The van der Waals surface area contributed by atoms with E-state index in [9.17, 15) is 4.79 Å². The summed E-state index contributed by atoms with van der Waals surface area (Å²) >= 11 is 0. The largest absolute Gasteiger partial charge is 0.392 e. The Kier molecular flexibility index (Phi) is 7.02. The summed E-state index contributed by atoms with van der Waals surface area (Å²) in [7, 11) is 0. The molecule has 1 rings (SSSR count). The van der Waals surface area contributed by atoms with Crippen molar-refractivity contribution < 1.29 is 14.7 Å². The Morgan fingerprint density at radius 1 is 1.29 bits per heavy atom. The average molecular weight is 326 g/mol. The van der Waals surface area contributed by atoms with Gasteiger partial charge in [0.15, 0.2) is 0 Å². The number of hydrogen-bond acceptors (Lipinski definition) is 2. The molecule has 4 heteroatoms. The van der Waals surface area contributed by atoms with Gasteiger partial charge in [-0.1, -0.05) is 61.4 Å². The number of carbonyl (C=O) groups is 1. The Balaban J connectivity index is 3.03. The number of Topliss-reactive ketones (excluding diaryl/α,β-unsaturated/α-hetero) is 1. The van der Waals surface area contributed by atoms with E-state index in [0.717, 1.165) is 16.7 Å². The van der Waals surface area contributed by atoms with Gasteiger partial charge in [-0.2, -0.15) is 4.79 Å². The van der Waals surface area contributed by atoms with E-state index in [-0.39, 0.29) is 23.5 Å². The maximum absolute atomic E-state index is 12.2. The predicted molar refractivity (Wildman–Crippen MR) is 97.6 cm³/mol. The number of aliphatic hydroxyl groups excluding tert-OH is 1. The Morgan fingerprint density at radius 3 is 2.54 bits per heavy atom. The summed E-state index contributed by atoms with van der Waals surface area (Å²) < 4.78 is 0. The Labute approximate surface area is 144 Å². The van der Waals surface area contributed by atoms with E-state index in [2.05, 4.69) is 4.79 Å². The Morgan fingerprint density at radius 2 is 1.96 bits per heavy atom. The van der Waals surface area contributed by atoms with Crippen LogP contribution in [0.3, 0.4) is 0 Å². The van der Waals surface area contributed by atoms with Gasteiger partial charge in [0.1, 0.15) is 0 Å². The molecule has 0 bridgehead atoms. The van der Waals surface area contributed by atoms with Gasteiger partial charge in [0.05, 0.1) is 13.0 Å². The van der Waals surface area contributed by atoms with Crippen molar-refractivity contribution in [2.24, 2.45) is 5.41 Å². The molecule has 0 spiro atoms. The topological polar surface area (TPSA) is 73.7 Å². The fraction of sp³-hybridized carbons (Fsp3) is 0.400. The number of aliphatic hydroxyl groups is 1. The van der Waals surface area contributed by atoms with E-state index in [1.54, 1.807) is 13.0 Å². The number of nitrogens with zero attached hydrogens (tertiary/aromatic N) is 2.